The van der Waals surface area contributed by atoms with Crippen LogP contribution in [0, 0.1) is 12.8 Å². The summed E-state index contributed by atoms with van der Waals surface area (Å²) >= 11 is 6.37. The molecule has 0 aliphatic carbocycles. The standard InChI is InChI=1S/C25H27ClN4O5/c1-15(2)13-29-24(26)23(16(3)27-29)25(32)35-14-22(31)30-20(21-6-5-11-34-21)12-19(28-30)17-7-9-18(33-4)10-8-17/h5-11,15,20H,12-14H2,1-4H3/t20-/m1/s1. The quantitative estimate of drug-likeness (QED) is 0.419. The van der Waals surface area contributed by atoms with Gasteiger partial charge in [0.05, 0.1) is 24.8 Å². The zero-order valence-corrected chi connectivity index (χ0v) is 20.8. The van der Waals surface area contributed by atoms with Crippen LogP contribution in [0.15, 0.2) is 52.2 Å². The van der Waals surface area contributed by atoms with Gasteiger partial charge in [0.25, 0.3) is 5.91 Å². The van der Waals surface area contributed by atoms with Crippen molar-refractivity contribution >= 4 is 29.2 Å². The Kier molecular flexibility index (Phi) is 7.25. The monoisotopic (exact) mass is 498 g/mol. The Morgan fingerprint density at radius 3 is 2.60 bits per heavy atom. The number of hydrogen-bond acceptors (Lipinski definition) is 7. The van der Waals surface area contributed by atoms with Crippen LogP contribution in [0.1, 0.15) is 53.7 Å². The van der Waals surface area contributed by atoms with Gasteiger partial charge in [-0.1, -0.05) is 25.4 Å². The van der Waals surface area contributed by atoms with Gasteiger partial charge in [-0.25, -0.2) is 9.80 Å². The van der Waals surface area contributed by atoms with Crippen LogP contribution in [0.5, 0.6) is 5.75 Å². The Labute approximate surface area is 208 Å². The molecule has 3 aromatic rings. The molecule has 0 radical (unpaired) electrons. The number of methoxy groups -OCH3 is 1. The second-order valence-corrected chi connectivity index (χ2v) is 9.01. The van der Waals surface area contributed by atoms with Crippen molar-refractivity contribution in [2.75, 3.05) is 13.7 Å². The molecule has 1 atom stereocenters. The molecule has 0 bridgehead atoms. The fourth-order valence-corrected chi connectivity index (χ4v) is 4.24. The predicted octanol–water partition coefficient (Wildman–Crippen LogP) is 4.64. The van der Waals surface area contributed by atoms with Gasteiger partial charge in [0.15, 0.2) is 6.61 Å². The van der Waals surface area contributed by atoms with Gasteiger partial charge in [-0.2, -0.15) is 10.2 Å². The molecule has 35 heavy (non-hydrogen) atoms. The van der Waals surface area contributed by atoms with Crippen molar-refractivity contribution in [3.8, 4) is 5.75 Å². The number of aromatic nitrogens is 2. The second-order valence-electron chi connectivity index (χ2n) is 8.65. The predicted molar refractivity (Wildman–Crippen MR) is 130 cm³/mol. The van der Waals surface area contributed by atoms with Gasteiger partial charge in [-0.3, -0.25) is 9.48 Å². The summed E-state index contributed by atoms with van der Waals surface area (Å²) < 4.78 is 17.7. The number of hydrazone groups is 1. The number of rotatable bonds is 8. The van der Waals surface area contributed by atoms with Gasteiger partial charge in [-0.15, -0.1) is 0 Å². The molecule has 0 unspecified atom stereocenters. The highest BCUT2D eigenvalue weighted by molar-refractivity contribution is 6.32. The number of halogens is 1. The Balaban J connectivity index is 1.51. The third-order valence-electron chi connectivity index (χ3n) is 5.60. The van der Waals surface area contributed by atoms with Crippen LogP contribution < -0.4 is 4.74 Å². The molecule has 1 aromatic carbocycles. The van der Waals surface area contributed by atoms with E-state index in [2.05, 4.69) is 10.2 Å². The van der Waals surface area contributed by atoms with Crippen LogP contribution in [0.4, 0.5) is 0 Å². The van der Waals surface area contributed by atoms with Crippen molar-refractivity contribution in [1.82, 2.24) is 14.8 Å². The molecule has 1 aliphatic rings. The third kappa shape index (κ3) is 5.24. The molecular weight excluding hydrogens is 472 g/mol. The molecule has 0 saturated heterocycles. The third-order valence-corrected chi connectivity index (χ3v) is 5.98. The minimum atomic E-state index is -0.705. The molecule has 0 saturated carbocycles. The lowest BCUT2D eigenvalue weighted by molar-refractivity contribution is -0.136. The summed E-state index contributed by atoms with van der Waals surface area (Å²) in [5.74, 6) is 0.422. The van der Waals surface area contributed by atoms with Crippen molar-refractivity contribution in [3.63, 3.8) is 0 Å². The van der Waals surface area contributed by atoms with Crippen LogP contribution in [-0.4, -0.2) is 46.1 Å². The first-order chi connectivity index (χ1) is 16.8. The number of nitrogens with zero attached hydrogens (tertiary/aromatic N) is 4. The molecule has 184 valence electrons. The van der Waals surface area contributed by atoms with E-state index in [4.69, 9.17) is 25.5 Å². The molecular formula is C25H27ClN4O5. The smallest absolute Gasteiger partial charge is 0.343 e. The van der Waals surface area contributed by atoms with Gasteiger partial charge < -0.3 is 13.9 Å². The summed E-state index contributed by atoms with van der Waals surface area (Å²) in [6.07, 6.45) is 2.00. The summed E-state index contributed by atoms with van der Waals surface area (Å²) in [6, 6.07) is 10.5. The summed E-state index contributed by atoms with van der Waals surface area (Å²) in [4.78, 5) is 25.9. The summed E-state index contributed by atoms with van der Waals surface area (Å²) in [5, 5.41) is 10.4. The van der Waals surface area contributed by atoms with E-state index in [0.29, 0.717) is 36.0 Å². The van der Waals surface area contributed by atoms with Gasteiger partial charge in [0.2, 0.25) is 0 Å². The zero-order chi connectivity index (χ0) is 25.1. The SMILES string of the molecule is COc1ccc(C2=NN(C(=O)COC(=O)c3c(C)nn(CC(C)C)c3Cl)[C@@H](c3ccco3)C2)cc1. The first kappa shape index (κ1) is 24.5. The maximum atomic E-state index is 13.1. The number of aryl methyl sites for hydroxylation is 1. The Morgan fingerprint density at radius 1 is 1.23 bits per heavy atom. The van der Waals surface area contributed by atoms with E-state index in [9.17, 15) is 9.59 Å². The number of furan rings is 1. The number of hydrogen-bond donors (Lipinski definition) is 0. The van der Waals surface area contributed by atoms with E-state index in [-0.39, 0.29) is 10.7 Å². The number of benzene rings is 1. The highest BCUT2D eigenvalue weighted by Gasteiger charge is 2.35. The van der Waals surface area contributed by atoms with E-state index < -0.39 is 24.5 Å². The molecule has 0 spiro atoms. The summed E-state index contributed by atoms with van der Waals surface area (Å²) in [5.41, 5.74) is 2.17. The number of carbonyl (C=O) groups excluding carboxylic acids is 2. The maximum absolute atomic E-state index is 13.1. The Morgan fingerprint density at radius 2 is 1.97 bits per heavy atom. The van der Waals surface area contributed by atoms with E-state index in [1.54, 1.807) is 37.1 Å². The van der Waals surface area contributed by atoms with E-state index in [1.165, 1.54) is 5.01 Å². The lowest BCUT2D eigenvalue weighted by Gasteiger charge is -2.19. The van der Waals surface area contributed by atoms with Gasteiger partial charge >= 0.3 is 5.97 Å². The second kappa shape index (κ2) is 10.4. The lowest BCUT2D eigenvalue weighted by atomic mass is 10.0. The zero-order valence-electron chi connectivity index (χ0n) is 20.0. The first-order valence-electron chi connectivity index (χ1n) is 11.3. The van der Waals surface area contributed by atoms with Crippen LogP contribution >= 0.6 is 11.6 Å². The highest BCUT2D eigenvalue weighted by Crippen LogP contribution is 2.33. The molecule has 10 heteroatoms. The van der Waals surface area contributed by atoms with Crippen molar-refractivity contribution in [2.45, 2.75) is 39.8 Å². The fraction of sp³-hybridized carbons (Fsp3) is 0.360. The molecule has 0 fully saturated rings. The molecule has 1 aliphatic heterocycles. The van der Waals surface area contributed by atoms with E-state index in [0.717, 1.165) is 11.3 Å². The summed E-state index contributed by atoms with van der Waals surface area (Å²) in [7, 11) is 1.60. The highest BCUT2D eigenvalue weighted by atomic mass is 35.5. The lowest BCUT2D eigenvalue weighted by Crippen LogP contribution is -2.31. The van der Waals surface area contributed by atoms with Crippen LogP contribution in [0.2, 0.25) is 5.15 Å². The number of esters is 1. The van der Waals surface area contributed by atoms with Crippen molar-refractivity contribution in [3.05, 3.63) is 70.4 Å². The number of ether oxygens (including phenoxy) is 2. The Bertz CT molecular complexity index is 1230. The molecule has 9 nitrogen and oxygen atoms in total. The maximum Gasteiger partial charge on any atom is 0.343 e. The number of carbonyl (C=O) groups is 2. The molecule has 0 N–H and O–H groups in total. The van der Waals surface area contributed by atoms with Gasteiger partial charge in [-0.05, 0) is 54.8 Å². The molecule has 4 rings (SSSR count). The topological polar surface area (TPSA) is 99.2 Å². The van der Waals surface area contributed by atoms with Crippen molar-refractivity contribution in [1.29, 1.82) is 0 Å². The van der Waals surface area contributed by atoms with Crippen molar-refractivity contribution in [2.24, 2.45) is 11.0 Å². The van der Waals surface area contributed by atoms with Gasteiger partial charge in [0.1, 0.15) is 28.3 Å². The van der Waals surface area contributed by atoms with E-state index in [1.807, 2.05) is 38.1 Å². The average molecular weight is 499 g/mol. The average Bonchev–Trinajstić information content (AvgIpc) is 3.57. The normalized spacial score (nSPS) is 15.4. The number of amides is 1. The molecule has 1 amide bonds. The van der Waals surface area contributed by atoms with E-state index >= 15 is 0 Å². The van der Waals surface area contributed by atoms with Crippen molar-refractivity contribution < 1.29 is 23.5 Å². The largest absolute Gasteiger partial charge is 0.497 e. The Hall–Kier alpha value is -3.59. The minimum absolute atomic E-state index is 0.159. The minimum Gasteiger partial charge on any atom is -0.497 e. The fourth-order valence-electron chi connectivity index (χ4n) is 3.92. The first-order valence-corrected chi connectivity index (χ1v) is 11.6. The van der Waals surface area contributed by atoms with Crippen LogP contribution in [0.3, 0.4) is 0 Å². The van der Waals surface area contributed by atoms with Crippen LogP contribution in [0.25, 0.3) is 0 Å². The van der Waals surface area contributed by atoms with Crippen LogP contribution in [-0.2, 0) is 16.1 Å². The molecule has 2 aromatic heterocycles. The van der Waals surface area contributed by atoms with Gasteiger partial charge in [0, 0.05) is 13.0 Å². The summed E-state index contributed by atoms with van der Waals surface area (Å²) in [6.45, 7) is 5.79. The molecule has 3 heterocycles.